The van der Waals surface area contributed by atoms with Crippen molar-refractivity contribution >= 4 is 27.9 Å². The Labute approximate surface area is 203 Å². The van der Waals surface area contributed by atoms with E-state index in [-0.39, 0.29) is 18.1 Å². The smallest absolute Gasteiger partial charge is 0.410 e. The quantitative estimate of drug-likeness (QED) is 0.403. The van der Waals surface area contributed by atoms with Crippen LogP contribution >= 0.6 is 0 Å². The van der Waals surface area contributed by atoms with E-state index >= 15 is 4.39 Å². The van der Waals surface area contributed by atoms with Gasteiger partial charge in [0.25, 0.3) is 0 Å². The van der Waals surface area contributed by atoms with Crippen molar-refractivity contribution < 1.29 is 18.5 Å². The number of amides is 1. The third-order valence-electron chi connectivity index (χ3n) is 6.91. The number of aryl methyl sites for hydroxylation is 1. The number of nitrogens with zero attached hydrogens (tertiary/aromatic N) is 4. The fourth-order valence-corrected chi connectivity index (χ4v) is 8.55. The summed E-state index contributed by atoms with van der Waals surface area (Å²) in [6.45, 7) is 7.59. The van der Waals surface area contributed by atoms with E-state index in [0.717, 1.165) is 5.56 Å². The number of carbonyl (C=O) groups is 1. The van der Waals surface area contributed by atoms with Gasteiger partial charge in [0.2, 0.25) is 0 Å². The largest absolute Gasteiger partial charge is 0.465 e. The summed E-state index contributed by atoms with van der Waals surface area (Å²) in [6.07, 6.45) is 0.626. The fourth-order valence-electron chi connectivity index (χ4n) is 4.89. The summed E-state index contributed by atoms with van der Waals surface area (Å²) in [4.78, 5) is 24.9. The molecular weight excluding hydrogens is 473 g/mol. The van der Waals surface area contributed by atoms with Gasteiger partial charge >= 0.3 is 6.09 Å². The van der Waals surface area contributed by atoms with Crippen molar-refractivity contribution in [1.29, 1.82) is 5.26 Å². The third kappa shape index (κ3) is 4.04. The monoisotopic (exact) mass is 501 g/mol. The Morgan fingerprint density at radius 1 is 1.40 bits per heavy atom. The number of hydrogen-bond donors (Lipinski definition) is 5. The van der Waals surface area contributed by atoms with Crippen LogP contribution in [0.15, 0.2) is 29.4 Å². The van der Waals surface area contributed by atoms with Crippen LogP contribution in [0, 0.1) is 24.1 Å². The van der Waals surface area contributed by atoms with E-state index in [4.69, 9.17) is 5.26 Å². The number of fused-ring (bicyclic) bond motifs is 1. The topological polar surface area (TPSA) is 152 Å². The number of anilines is 1. The molecule has 12 heteroatoms. The first-order valence-corrected chi connectivity index (χ1v) is 12.9. The molecule has 4 N–H and O–H groups in total. The van der Waals surface area contributed by atoms with Gasteiger partial charge in [-0.05, 0) is 68.0 Å². The Kier molecular flexibility index (Phi) is 6.11. The molecule has 1 fully saturated rings. The molecule has 10 nitrogen and oxygen atoms in total. The Morgan fingerprint density at radius 3 is 2.80 bits per heavy atom. The lowest BCUT2D eigenvalue weighted by Crippen LogP contribution is -2.66. The number of pyridine rings is 2. The van der Waals surface area contributed by atoms with E-state index in [1.165, 1.54) is 18.3 Å². The molecule has 2 aliphatic heterocycles. The number of aliphatic imine (C=N–C) groups is 1. The Balaban J connectivity index is 1.74. The molecule has 186 valence electrons. The fraction of sp³-hybridized carbons (Fsp3) is 0.435. The third-order valence-corrected chi connectivity index (χ3v) is 11.1. The summed E-state index contributed by atoms with van der Waals surface area (Å²) in [5.74, 6) is -0.248. The molecule has 0 unspecified atom stereocenters. The average molecular weight is 502 g/mol. The molecule has 2 aromatic heterocycles. The van der Waals surface area contributed by atoms with E-state index < -0.39 is 37.6 Å². The van der Waals surface area contributed by atoms with Crippen molar-refractivity contribution in [3.8, 4) is 6.07 Å². The molecule has 2 aliphatic rings. The second kappa shape index (κ2) is 8.66. The van der Waals surface area contributed by atoms with Gasteiger partial charge in [-0.2, -0.15) is 5.26 Å². The summed E-state index contributed by atoms with van der Waals surface area (Å²) in [5, 5.41) is 23.2. The normalized spacial score (nSPS) is 25.0. The van der Waals surface area contributed by atoms with Crippen LogP contribution in [0.5, 0.6) is 0 Å². The van der Waals surface area contributed by atoms with Crippen LogP contribution in [0.2, 0.25) is 0 Å². The van der Waals surface area contributed by atoms with Crippen molar-refractivity contribution in [3.05, 3.63) is 52.7 Å². The van der Waals surface area contributed by atoms with E-state index in [0.29, 0.717) is 30.0 Å². The highest BCUT2D eigenvalue weighted by Gasteiger charge is 2.59. The maximum Gasteiger partial charge on any atom is 0.410 e. The average Bonchev–Trinajstić information content (AvgIpc) is 3.22. The number of rotatable bonds is 4. The second-order valence-electron chi connectivity index (χ2n) is 9.45. The molecule has 0 saturated carbocycles. The molecule has 2 aromatic rings. The van der Waals surface area contributed by atoms with Crippen LogP contribution in [0.4, 0.5) is 15.0 Å². The van der Waals surface area contributed by atoms with E-state index in [1.54, 1.807) is 26.8 Å². The minimum absolute atomic E-state index is 0.0125. The molecule has 2 atom stereocenters. The van der Waals surface area contributed by atoms with E-state index in [1.807, 2.05) is 13.0 Å². The van der Waals surface area contributed by atoms with Gasteiger partial charge in [0.15, 0.2) is 0 Å². The Morgan fingerprint density at radius 2 is 2.14 bits per heavy atom. The number of amidine groups is 1. The van der Waals surface area contributed by atoms with Gasteiger partial charge in [-0.3, -0.25) is 24.2 Å². The van der Waals surface area contributed by atoms with Gasteiger partial charge in [-0.15, -0.1) is 0 Å². The summed E-state index contributed by atoms with van der Waals surface area (Å²) in [5.41, 5.74) is 0.613. The van der Waals surface area contributed by atoms with Crippen LogP contribution in [0.25, 0.3) is 0 Å². The first-order chi connectivity index (χ1) is 16.4. The van der Waals surface area contributed by atoms with Crippen LogP contribution in [0.3, 0.4) is 0 Å². The molecule has 35 heavy (non-hydrogen) atoms. The lowest BCUT2D eigenvalue weighted by molar-refractivity contribution is 0.199. The zero-order chi connectivity index (χ0) is 25.6. The van der Waals surface area contributed by atoms with Gasteiger partial charge < -0.3 is 10.4 Å². The number of thiol groups is 1. The first kappa shape index (κ1) is 24.7. The van der Waals surface area contributed by atoms with Crippen molar-refractivity contribution in [3.63, 3.8) is 0 Å². The Hall–Kier alpha value is -3.43. The molecule has 0 aromatic carbocycles. The van der Waals surface area contributed by atoms with Crippen molar-refractivity contribution in [2.45, 2.75) is 56.2 Å². The summed E-state index contributed by atoms with van der Waals surface area (Å²) < 4.78 is 31.4. The van der Waals surface area contributed by atoms with Gasteiger partial charge in [-0.25, -0.2) is 14.2 Å². The zero-order valence-electron chi connectivity index (χ0n) is 19.9. The van der Waals surface area contributed by atoms with Crippen LogP contribution < -0.4 is 15.4 Å². The predicted molar refractivity (Wildman–Crippen MR) is 131 cm³/mol. The SMILES string of the molecule is Cc1cc(C#N)cnc1CNc1ccc(F)c([C@@]2(C)N=C(NC(=O)O)C(C)(C)[SH]3(=O)NCC[C@@H]23)n1. The lowest BCUT2D eigenvalue weighted by atomic mass is 9.89. The summed E-state index contributed by atoms with van der Waals surface area (Å²) in [7, 11) is -3.26. The molecule has 0 bridgehead atoms. The zero-order valence-corrected chi connectivity index (χ0v) is 20.8. The van der Waals surface area contributed by atoms with E-state index in [9.17, 15) is 14.1 Å². The van der Waals surface area contributed by atoms with Gasteiger partial charge in [0.1, 0.15) is 34.8 Å². The minimum Gasteiger partial charge on any atom is -0.465 e. The highest BCUT2D eigenvalue weighted by Crippen LogP contribution is 2.48. The van der Waals surface area contributed by atoms with Gasteiger partial charge in [-0.1, -0.05) is 0 Å². The summed E-state index contributed by atoms with van der Waals surface area (Å²) in [6, 6.07) is 6.53. The molecular formula is C23H28FN7O3S. The maximum atomic E-state index is 15.2. The summed E-state index contributed by atoms with van der Waals surface area (Å²) >= 11 is 0. The molecule has 0 aliphatic carbocycles. The number of halogens is 1. The van der Waals surface area contributed by atoms with Crippen molar-refractivity contribution in [2.24, 2.45) is 4.99 Å². The van der Waals surface area contributed by atoms with Crippen LogP contribution in [-0.4, -0.2) is 47.8 Å². The maximum absolute atomic E-state index is 15.2. The molecule has 4 rings (SSSR count). The highest BCUT2D eigenvalue weighted by atomic mass is 32.3. The standard InChI is InChI=1S/C23H28FN7O3S/c1-13-9-14(10-25)11-26-16(13)12-27-18-6-5-15(24)19(29-18)23(4)17-7-8-28-35(17,34)22(2,3)20(31-23)30-21(32)33/h5-6,9,11,17,35H,7-8,12H2,1-4H3,(H,27,29)(H,28,34)(H,30,31)(H,32,33)/t17-,23-/m0/s1. The molecule has 0 radical (unpaired) electrons. The van der Waals surface area contributed by atoms with Gasteiger partial charge in [0.05, 0.1) is 27.8 Å². The number of carboxylic acid groups (broad SMARTS) is 1. The number of hydrogen-bond acceptors (Lipinski definition) is 7. The lowest BCUT2D eigenvalue weighted by Gasteiger charge is -2.50. The van der Waals surface area contributed by atoms with Crippen LogP contribution in [-0.2, 0) is 22.2 Å². The molecule has 1 saturated heterocycles. The molecule has 1 amide bonds. The number of nitriles is 1. The highest BCUT2D eigenvalue weighted by molar-refractivity contribution is 8.04. The van der Waals surface area contributed by atoms with Crippen molar-refractivity contribution in [2.75, 3.05) is 11.9 Å². The molecule has 4 heterocycles. The second-order valence-corrected chi connectivity index (χ2v) is 12.8. The minimum atomic E-state index is -3.26. The number of nitrogens with one attached hydrogen (secondary N) is 3. The first-order valence-electron chi connectivity index (χ1n) is 11.1. The van der Waals surface area contributed by atoms with Crippen LogP contribution in [0.1, 0.15) is 49.7 Å². The van der Waals surface area contributed by atoms with Gasteiger partial charge in [0, 0.05) is 12.7 Å². The number of aromatic nitrogens is 2. The molecule has 0 spiro atoms. The van der Waals surface area contributed by atoms with Crippen molar-refractivity contribution in [1.82, 2.24) is 20.0 Å². The van der Waals surface area contributed by atoms with E-state index in [2.05, 4.69) is 30.3 Å². The predicted octanol–water partition coefficient (Wildman–Crippen LogP) is 2.38. The Bertz CT molecular complexity index is 1320.